The van der Waals surface area contributed by atoms with Crippen LogP contribution in [-0.2, 0) is 0 Å². The highest BCUT2D eigenvalue weighted by Crippen LogP contribution is 2.46. The summed E-state index contributed by atoms with van der Waals surface area (Å²) in [5.41, 5.74) is 10.5. The van der Waals surface area contributed by atoms with Gasteiger partial charge in [-0.3, -0.25) is 4.57 Å². The van der Waals surface area contributed by atoms with E-state index in [0.717, 1.165) is 71.9 Å². The van der Waals surface area contributed by atoms with Crippen LogP contribution >= 0.6 is 0 Å². The number of para-hydroxylation sites is 4. The van der Waals surface area contributed by atoms with E-state index >= 15 is 0 Å². The van der Waals surface area contributed by atoms with Gasteiger partial charge in [-0.2, -0.15) is 0 Å². The second-order valence-corrected chi connectivity index (χ2v) is 12.7. The van der Waals surface area contributed by atoms with E-state index in [1.165, 1.54) is 16.3 Å². The van der Waals surface area contributed by atoms with Gasteiger partial charge in [-0.1, -0.05) is 109 Å². The topological polar surface area (TPSA) is 27.1 Å². The summed E-state index contributed by atoms with van der Waals surface area (Å²) in [6.45, 7) is 7.76. The van der Waals surface area contributed by atoms with Crippen molar-refractivity contribution in [2.75, 3.05) is 0 Å². The fourth-order valence-electron chi connectivity index (χ4n) is 7.80. The maximum absolute atomic E-state index is 7.76. The number of imidazole rings is 1. The first-order chi connectivity index (χ1) is 24.8. The summed E-state index contributed by atoms with van der Waals surface area (Å²) in [7, 11) is 0. The maximum Gasteiger partial charge on any atom is 0.188 e. The van der Waals surface area contributed by atoms with Crippen LogP contribution in [0.3, 0.4) is 0 Å². The zero-order chi connectivity index (χ0) is 33.2. The number of hydrogen-bond acceptors (Lipinski definition) is 1. The van der Waals surface area contributed by atoms with Crippen LogP contribution in [0.2, 0.25) is 0 Å². The Morgan fingerprint density at radius 2 is 0.940 bits per heavy atom. The molecule has 50 heavy (non-hydrogen) atoms. The lowest BCUT2D eigenvalue weighted by Gasteiger charge is -2.18. The van der Waals surface area contributed by atoms with Crippen LogP contribution in [0, 0.1) is 6.57 Å². The Bertz CT molecular complexity index is 2920. The minimum absolute atomic E-state index is 0.636. The second kappa shape index (κ2) is 11.1. The molecular weight excluding hydrogens is 609 g/mol. The van der Waals surface area contributed by atoms with Gasteiger partial charge in [0.1, 0.15) is 5.82 Å². The SMILES string of the molecule is [C-]#[N+]c1ccc2c(c1)c1cc(-c3c4ccccc4c(-c4nc5ccccc5n4-c4ccccc4)c4ccccc34)ccc1n2-c1ccccc1. The summed E-state index contributed by atoms with van der Waals surface area (Å²) in [4.78, 5) is 9.11. The Morgan fingerprint density at radius 1 is 0.420 bits per heavy atom. The highest BCUT2D eigenvalue weighted by Gasteiger charge is 2.23. The molecule has 0 bridgehead atoms. The van der Waals surface area contributed by atoms with Crippen molar-refractivity contribution in [2.45, 2.75) is 0 Å². The maximum atomic E-state index is 7.76. The van der Waals surface area contributed by atoms with Crippen LogP contribution < -0.4 is 0 Å². The molecule has 0 atom stereocenters. The predicted molar refractivity (Wildman–Crippen MR) is 208 cm³/mol. The molecule has 0 aliphatic rings. The molecule has 0 aliphatic heterocycles. The number of fused-ring (bicyclic) bond motifs is 6. The van der Waals surface area contributed by atoms with Crippen molar-refractivity contribution in [3.63, 3.8) is 0 Å². The molecule has 4 nitrogen and oxygen atoms in total. The molecule has 2 aromatic heterocycles. The molecule has 2 heterocycles. The average molecular weight is 637 g/mol. The van der Waals surface area contributed by atoms with E-state index in [2.05, 4.69) is 166 Å². The molecule has 0 amide bonds. The summed E-state index contributed by atoms with van der Waals surface area (Å²) >= 11 is 0. The lowest BCUT2D eigenvalue weighted by molar-refractivity contribution is 1.11. The number of aromatic nitrogens is 3. The van der Waals surface area contributed by atoms with Gasteiger partial charge in [0.05, 0.1) is 28.6 Å². The van der Waals surface area contributed by atoms with Gasteiger partial charge in [0, 0.05) is 22.3 Å². The first-order valence-corrected chi connectivity index (χ1v) is 16.8. The summed E-state index contributed by atoms with van der Waals surface area (Å²) in [6.07, 6.45) is 0. The Hall–Kier alpha value is -6.96. The summed E-state index contributed by atoms with van der Waals surface area (Å²) in [6, 6.07) is 59.7. The highest BCUT2D eigenvalue weighted by atomic mass is 15.1. The normalized spacial score (nSPS) is 11.6. The van der Waals surface area contributed by atoms with Gasteiger partial charge >= 0.3 is 0 Å². The van der Waals surface area contributed by atoms with Crippen molar-refractivity contribution in [1.82, 2.24) is 14.1 Å². The molecular formula is C46H28N4. The monoisotopic (exact) mass is 636 g/mol. The lowest BCUT2D eigenvalue weighted by atomic mass is 9.87. The van der Waals surface area contributed by atoms with Crippen LogP contribution in [0.5, 0.6) is 0 Å². The zero-order valence-electron chi connectivity index (χ0n) is 27.0. The molecule has 0 saturated heterocycles. The Kier molecular flexibility index (Phi) is 6.21. The average Bonchev–Trinajstić information content (AvgIpc) is 3.72. The van der Waals surface area contributed by atoms with Crippen LogP contribution in [0.4, 0.5) is 5.69 Å². The molecule has 10 rings (SSSR count). The fraction of sp³-hybridized carbons (Fsp3) is 0. The quantitative estimate of drug-likeness (QED) is 0.139. The van der Waals surface area contributed by atoms with E-state index in [-0.39, 0.29) is 0 Å². The Labute approximate surface area is 288 Å². The van der Waals surface area contributed by atoms with Gasteiger partial charge in [-0.25, -0.2) is 9.83 Å². The minimum Gasteiger partial charge on any atom is -0.309 e. The summed E-state index contributed by atoms with van der Waals surface area (Å²) in [5, 5.41) is 6.82. The molecule has 4 heteroatoms. The van der Waals surface area contributed by atoms with Gasteiger partial charge in [0.2, 0.25) is 0 Å². The summed E-state index contributed by atoms with van der Waals surface area (Å²) < 4.78 is 4.60. The van der Waals surface area contributed by atoms with Crippen LogP contribution in [0.25, 0.3) is 93.1 Å². The third-order valence-corrected chi connectivity index (χ3v) is 9.91. The fourth-order valence-corrected chi connectivity index (χ4v) is 7.80. The summed E-state index contributed by atoms with van der Waals surface area (Å²) in [5.74, 6) is 0.921. The van der Waals surface area contributed by atoms with Gasteiger partial charge in [-0.05, 0) is 98.7 Å². The molecule has 0 spiro atoms. The van der Waals surface area contributed by atoms with E-state index in [1.807, 2.05) is 18.2 Å². The molecule has 0 aliphatic carbocycles. The molecule has 10 aromatic rings. The van der Waals surface area contributed by atoms with Crippen molar-refractivity contribution in [1.29, 1.82) is 0 Å². The number of rotatable bonds is 4. The van der Waals surface area contributed by atoms with E-state index in [4.69, 9.17) is 11.6 Å². The Balaban J connectivity index is 1.30. The van der Waals surface area contributed by atoms with Crippen molar-refractivity contribution in [3.05, 3.63) is 181 Å². The molecule has 0 radical (unpaired) electrons. The number of benzene rings is 8. The molecule has 0 unspecified atom stereocenters. The van der Waals surface area contributed by atoms with Crippen molar-refractivity contribution in [3.8, 4) is 33.9 Å². The van der Waals surface area contributed by atoms with E-state index < -0.39 is 0 Å². The second-order valence-electron chi connectivity index (χ2n) is 12.7. The third-order valence-electron chi connectivity index (χ3n) is 9.91. The molecule has 0 saturated carbocycles. The zero-order valence-corrected chi connectivity index (χ0v) is 27.0. The first-order valence-electron chi connectivity index (χ1n) is 16.8. The van der Waals surface area contributed by atoms with Gasteiger partial charge in [0.15, 0.2) is 5.69 Å². The van der Waals surface area contributed by atoms with E-state index in [1.54, 1.807) is 0 Å². The van der Waals surface area contributed by atoms with E-state index in [9.17, 15) is 0 Å². The largest absolute Gasteiger partial charge is 0.309 e. The van der Waals surface area contributed by atoms with Crippen LogP contribution in [0.15, 0.2) is 170 Å². The van der Waals surface area contributed by atoms with Crippen LogP contribution in [-0.4, -0.2) is 14.1 Å². The molecule has 0 N–H and O–H groups in total. The lowest BCUT2D eigenvalue weighted by Crippen LogP contribution is -1.99. The van der Waals surface area contributed by atoms with Gasteiger partial charge in [0.25, 0.3) is 0 Å². The van der Waals surface area contributed by atoms with Gasteiger partial charge in [-0.15, -0.1) is 0 Å². The number of hydrogen-bond donors (Lipinski definition) is 0. The van der Waals surface area contributed by atoms with Crippen molar-refractivity contribution >= 4 is 60.1 Å². The van der Waals surface area contributed by atoms with Crippen molar-refractivity contribution < 1.29 is 0 Å². The minimum atomic E-state index is 0.636. The molecule has 0 fully saturated rings. The standard InChI is InChI=1S/C46H28N4/c1-47-31-25-27-42-39(29-31)38-28-30(24-26-41(38)49(42)32-14-4-2-5-15-32)44-34-18-8-10-20-36(34)45(37-21-11-9-19-35(37)44)46-48-40-22-12-13-23-43(40)50(46)33-16-6-3-7-17-33/h2-29H. The highest BCUT2D eigenvalue weighted by molar-refractivity contribution is 6.22. The number of nitrogens with zero attached hydrogens (tertiary/aromatic N) is 4. The predicted octanol–water partition coefficient (Wildman–Crippen LogP) is 12.3. The Morgan fingerprint density at radius 3 is 1.58 bits per heavy atom. The molecule has 8 aromatic carbocycles. The van der Waals surface area contributed by atoms with Crippen molar-refractivity contribution in [2.24, 2.45) is 0 Å². The smallest absolute Gasteiger partial charge is 0.188 e. The first kappa shape index (κ1) is 28.1. The van der Waals surface area contributed by atoms with E-state index in [0.29, 0.717) is 5.69 Å². The molecule has 232 valence electrons. The third kappa shape index (κ3) is 4.14. The van der Waals surface area contributed by atoms with Gasteiger partial charge < -0.3 is 4.57 Å². The van der Waals surface area contributed by atoms with Crippen LogP contribution in [0.1, 0.15) is 0 Å².